The number of nitrogen functional groups attached to an aromatic ring is 1. The molecular weight excluding hydrogens is 216 g/mol. The van der Waals surface area contributed by atoms with E-state index in [0.29, 0.717) is 5.69 Å². The fraction of sp³-hybridized carbons (Fsp3) is 0.125. The van der Waals surface area contributed by atoms with Gasteiger partial charge < -0.3 is 17.2 Å². The smallest absolute Gasteiger partial charge is 0.285 e. The Labute approximate surface area is 87.8 Å². The van der Waals surface area contributed by atoms with Gasteiger partial charge in [0, 0.05) is 5.69 Å². The van der Waals surface area contributed by atoms with E-state index in [2.05, 4.69) is 4.40 Å². The molecule has 0 bridgehead atoms. The van der Waals surface area contributed by atoms with Crippen molar-refractivity contribution in [3.05, 3.63) is 23.8 Å². The lowest BCUT2D eigenvalue weighted by Crippen LogP contribution is -2.24. The minimum absolute atomic E-state index is 0.0287. The van der Waals surface area contributed by atoms with Crippen LogP contribution < -0.4 is 17.2 Å². The van der Waals surface area contributed by atoms with E-state index in [1.165, 1.54) is 12.1 Å². The predicted molar refractivity (Wildman–Crippen MR) is 58.6 cm³/mol. The maximum atomic E-state index is 11.5. The molecule has 15 heavy (non-hydrogen) atoms. The Morgan fingerprint density at radius 3 is 2.40 bits per heavy atom. The summed E-state index contributed by atoms with van der Waals surface area (Å²) in [5, 5.41) is 0. The molecule has 1 aromatic carbocycles. The van der Waals surface area contributed by atoms with Crippen LogP contribution in [0.25, 0.3) is 0 Å². The van der Waals surface area contributed by atoms with E-state index in [9.17, 15) is 8.42 Å². The minimum Gasteiger partial charge on any atom is -0.398 e. The zero-order valence-corrected chi connectivity index (χ0v) is 8.95. The number of guanidine groups is 1. The number of nitrogens with two attached hydrogens (primary N) is 3. The van der Waals surface area contributed by atoms with E-state index in [0.717, 1.165) is 5.56 Å². The molecule has 82 valence electrons. The van der Waals surface area contributed by atoms with Crippen LogP contribution >= 0.6 is 0 Å². The van der Waals surface area contributed by atoms with E-state index in [1.54, 1.807) is 13.0 Å². The van der Waals surface area contributed by atoms with Gasteiger partial charge >= 0.3 is 0 Å². The number of hydrogen-bond donors (Lipinski definition) is 3. The van der Waals surface area contributed by atoms with Crippen LogP contribution in [0, 0.1) is 6.92 Å². The van der Waals surface area contributed by atoms with Crippen LogP contribution in [0.5, 0.6) is 0 Å². The topological polar surface area (TPSA) is 125 Å². The zero-order valence-electron chi connectivity index (χ0n) is 8.14. The molecule has 0 aromatic heterocycles. The molecule has 0 aliphatic heterocycles. The molecule has 0 saturated carbocycles. The van der Waals surface area contributed by atoms with E-state index in [1.807, 2.05) is 0 Å². The fourth-order valence-corrected chi connectivity index (χ4v) is 1.87. The highest BCUT2D eigenvalue weighted by molar-refractivity contribution is 7.90. The van der Waals surface area contributed by atoms with Crippen LogP contribution in [0.3, 0.4) is 0 Å². The summed E-state index contributed by atoms with van der Waals surface area (Å²) >= 11 is 0. The molecule has 0 unspecified atom stereocenters. The molecule has 0 spiro atoms. The summed E-state index contributed by atoms with van der Waals surface area (Å²) in [4.78, 5) is -0.0287. The Bertz CT molecular complexity index is 503. The molecule has 0 heterocycles. The maximum absolute atomic E-state index is 11.5. The second-order valence-corrected chi connectivity index (χ2v) is 4.61. The van der Waals surface area contributed by atoms with Crippen LogP contribution in [-0.2, 0) is 10.0 Å². The third-order valence-corrected chi connectivity index (χ3v) is 3.07. The lowest BCUT2D eigenvalue weighted by atomic mass is 10.2. The lowest BCUT2D eigenvalue weighted by Gasteiger charge is -2.03. The number of hydrogen-bond acceptors (Lipinski definition) is 3. The van der Waals surface area contributed by atoms with Crippen LogP contribution in [0.1, 0.15) is 5.56 Å². The van der Waals surface area contributed by atoms with Gasteiger partial charge in [-0.25, -0.2) is 0 Å². The molecule has 0 saturated heterocycles. The van der Waals surface area contributed by atoms with Gasteiger partial charge in [-0.2, -0.15) is 8.42 Å². The van der Waals surface area contributed by atoms with Gasteiger partial charge in [0.2, 0.25) is 5.96 Å². The molecule has 0 amide bonds. The number of benzene rings is 1. The highest BCUT2D eigenvalue weighted by Crippen LogP contribution is 2.18. The summed E-state index contributed by atoms with van der Waals surface area (Å²) in [5.74, 6) is -0.505. The summed E-state index contributed by atoms with van der Waals surface area (Å²) < 4.78 is 26.1. The zero-order chi connectivity index (χ0) is 11.6. The van der Waals surface area contributed by atoms with Crippen molar-refractivity contribution in [2.75, 3.05) is 5.73 Å². The molecule has 1 rings (SSSR count). The molecule has 6 nitrogen and oxygen atoms in total. The van der Waals surface area contributed by atoms with Crippen molar-refractivity contribution < 1.29 is 8.42 Å². The number of aryl methyl sites for hydroxylation is 1. The molecule has 0 radical (unpaired) electrons. The fourth-order valence-electron chi connectivity index (χ4n) is 0.970. The summed E-state index contributed by atoms with van der Waals surface area (Å²) in [6.45, 7) is 1.77. The number of rotatable bonds is 2. The van der Waals surface area contributed by atoms with Crippen molar-refractivity contribution >= 4 is 21.7 Å². The Hall–Kier alpha value is -1.76. The van der Waals surface area contributed by atoms with Crippen LogP contribution in [0.2, 0.25) is 0 Å². The van der Waals surface area contributed by atoms with E-state index < -0.39 is 16.0 Å². The van der Waals surface area contributed by atoms with Crippen LogP contribution in [0.15, 0.2) is 27.5 Å². The summed E-state index contributed by atoms with van der Waals surface area (Å²) in [6.07, 6.45) is 0. The first-order valence-corrected chi connectivity index (χ1v) is 5.49. The van der Waals surface area contributed by atoms with Crippen molar-refractivity contribution in [2.45, 2.75) is 11.8 Å². The molecule has 0 atom stereocenters. The van der Waals surface area contributed by atoms with Crippen molar-refractivity contribution in [1.82, 2.24) is 0 Å². The summed E-state index contributed by atoms with van der Waals surface area (Å²) in [6, 6.07) is 4.30. The second-order valence-electron chi connectivity index (χ2n) is 3.01. The van der Waals surface area contributed by atoms with Crippen molar-refractivity contribution in [1.29, 1.82) is 0 Å². The first kappa shape index (κ1) is 11.3. The second kappa shape index (κ2) is 3.77. The van der Waals surface area contributed by atoms with Gasteiger partial charge in [-0.3, -0.25) is 0 Å². The third-order valence-electron chi connectivity index (χ3n) is 1.77. The normalized spacial score (nSPS) is 11.0. The van der Waals surface area contributed by atoms with Crippen molar-refractivity contribution in [3.63, 3.8) is 0 Å². The van der Waals surface area contributed by atoms with Crippen molar-refractivity contribution in [2.24, 2.45) is 15.9 Å². The largest absolute Gasteiger partial charge is 0.398 e. The van der Waals surface area contributed by atoms with Crippen LogP contribution in [-0.4, -0.2) is 14.4 Å². The highest BCUT2D eigenvalue weighted by Gasteiger charge is 2.13. The Morgan fingerprint density at radius 1 is 1.33 bits per heavy atom. The number of sulfonamides is 1. The van der Waals surface area contributed by atoms with Gasteiger partial charge in [0.25, 0.3) is 10.0 Å². The molecule has 1 aromatic rings. The van der Waals surface area contributed by atoms with Crippen molar-refractivity contribution in [3.8, 4) is 0 Å². The van der Waals surface area contributed by atoms with E-state index in [-0.39, 0.29) is 4.90 Å². The van der Waals surface area contributed by atoms with Gasteiger partial charge in [0.15, 0.2) is 0 Å². The predicted octanol–water partition coefficient (Wildman–Crippen LogP) is -0.461. The molecule has 6 N–H and O–H groups in total. The number of anilines is 1. The number of nitrogens with zero attached hydrogens (tertiary/aromatic N) is 1. The summed E-state index contributed by atoms with van der Waals surface area (Å²) in [7, 11) is -3.84. The SMILES string of the molecule is Cc1ccc(S(=O)(=O)N=C(N)N)cc1N. The molecule has 0 aliphatic rings. The van der Waals surface area contributed by atoms with Gasteiger partial charge in [0.1, 0.15) is 0 Å². The molecule has 0 aliphatic carbocycles. The van der Waals surface area contributed by atoms with Gasteiger partial charge in [-0.05, 0) is 24.6 Å². The van der Waals surface area contributed by atoms with E-state index >= 15 is 0 Å². The first-order chi connectivity index (χ1) is 6.83. The molecule has 7 heteroatoms. The molecule has 0 fully saturated rings. The average molecular weight is 228 g/mol. The Morgan fingerprint density at radius 2 is 1.93 bits per heavy atom. The Kier molecular flexibility index (Phi) is 2.85. The monoisotopic (exact) mass is 228 g/mol. The first-order valence-electron chi connectivity index (χ1n) is 4.05. The van der Waals surface area contributed by atoms with Gasteiger partial charge in [-0.1, -0.05) is 6.07 Å². The quantitative estimate of drug-likeness (QED) is 0.359. The third kappa shape index (κ3) is 2.59. The Balaban J connectivity index is 3.29. The van der Waals surface area contributed by atoms with Crippen LogP contribution in [0.4, 0.5) is 5.69 Å². The standard InChI is InChI=1S/C8H12N4O2S/c1-5-2-3-6(4-7(5)9)15(13,14)12-8(10)11/h2-4H,9H2,1H3,(H4,10,11,12). The maximum Gasteiger partial charge on any atom is 0.285 e. The lowest BCUT2D eigenvalue weighted by molar-refractivity contribution is 0.598. The van der Waals surface area contributed by atoms with E-state index in [4.69, 9.17) is 17.2 Å². The van der Waals surface area contributed by atoms with Gasteiger partial charge in [0.05, 0.1) is 4.90 Å². The van der Waals surface area contributed by atoms with Gasteiger partial charge in [-0.15, -0.1) is 4.40 Å². The highest BCUT2D eigenvalue weighted by atomic mass is 32.2. The minimum atomic E-state index is -3.84. The summed E-state index contributed by atoms with van der Waals surface area (Å²) in [5.41, 5.74) is 16.7. The average Bonchev–Trinajstić information content (AvgIpc) is 2.07. The molecular formula is C8H12N4O2S.